The van der Waals surface area contributed by atoms with Gasteiger partial charge in [0.25, 0.3) is 0 Å². The molecule has 2 atom stereocenters. The van der Waals surface area contributed by atoms with Crippen LogP contribution in [0.15, 0.2) is 84.9 Å². The van der Waals surface area contributed by atoms with Crippen molar-refractivity contribution >= 4 is 18.0 Å². The number of nitrogens with one attached hydrogen (secondary N) is 2. The van der Waals surface area contributed by atoms with Crippen molar-refractivity contribution in [2.75, 3.05) is 0 Å². The maximum Gasteiger partial charge on any atom is 0.408 e. The molecule has 8 nitrogen and oxygen atoms in total. The van der Waals surface area contributed by atoms with E-state index in [0.29, 0.717) is 17.9 Å². The Bertz CT molecular complexity index is 1170. The van der Waals surface area contributed by atoms with Gasteiger partial charge < -0.3 is 25.2 Å². The molecule has 0 aliphatic carbocycles. The van der Waals surface area contributed by atoms with Crippen LogP contribution in [0.4, 0.5) is 4.79 Å². The Hall–Kier alpha value is -4.33. The normalized spacial score (nSPS) is 12.3. The van der Waals surface area contributed by atoms with Gasteiger partial charge in [-0.25, -0.2) is 9.59 Å². The standard InChI is InChI=1S/C29H32N2O6/c1-20(2)26(31-29(35)37-19-22-12-7-4-8-13-22)27(32)30-25(28(33)34)17-23-14-9-15-24(16-23)36-18-21-10-5-3-6-11-21/h3-16,20,25-26H,17-19H2,1-2H3,(H,30,32)(H,31,35)(H,33,34)/t25-,26-/m1/s1. The first-order valence-electron chi connectivity index (χ1n) is 12.1. The third-order valence-electron chi connectivity index (χ3n) is 5.64. The Morgan fingerprint density at radius 3 is 1.97 bits per heavy atom. The first-order valence-corrected chi connectivity index (χ1v) is 12.1. The van der Waals surface area contributed by atoms with Crippen LogP contribution in [0.3, 0.4) is 0 Å². The maximum absolute atomic E-state index is 13.0. The van der Waals surface area contributed by atoms with Crippen molar-refractivity contribution in [3.05, 3.63) is 102 Å². The van der Waals surface area contributed by atoms with E-state index in [2.05, 4.69) is 10.6 Å². The summed E-state index contributed by atoms with van der Waals surface area (Å²) in [7, 11) is 0. The molecular weight excluding hydrogens is 472 g/mol. The molecule has 0 aliphatic rings. The molecule has 0 unspecified atom stereocenters. The lowest BCUT2D eigenvalue weighted by Crippen LogP contribution is -2.54. The zero-order valence-corrected chi connectivity index (χ0v) is 20.9. The molecule has 0 saturated heterocycles. The Balaban J connectivity index is 1.58. The quantitative estimate of drug-likeness (QED) is 0.338. The van der Waals surface area contributed by atoms with Gasteiger partial charge in [-0.1, -0.05) is 86.6 Å². The number of ether oxygens (including phenoxy) is 2. The van der Waals surface area contributed by atoms with Crippen molar-refractivity contribution in [2.45, 2.75) is 45.6 Å². The number of aliphatic carboxylic acids is 1. The van der Waals surface area contributed by atoms with E-state index in [1.54, 1.807) is 38.1 Å². The highest BCUT2D eigenvalue weighted by Gasteiger charge is 2.29. The van der Waals surface area contributed by atoms with Crippen LogP contribution in [0.2, 0.25) is 0 Å². The minimum Gasteiger partial charge on any atom is -0.489 e. The number of carbonyl (C=O) groups is 3. The molecule has 0 radical (unpaired) electrons. The molecule has 3 aromatic carbocycles. The molecule has 0 fully saturated rings. The lowest BCUT2D eigenvalue weighted by atomic mass is 10.0. The summed E-state index contributed by atoms with van der Waals surface area (Å²) in [5.41, 5.74) is 2.51. The molecule has 0 aromatic heterocycles. The molecule has 0 spiro atoms. The average molecular weight is 505 g/mol. The zero-order valence-electron chi connectivity index (χ0n) is 20.9. The second kappa shape index (κ2) is 13.7. The smallest absolute Gasteiger partial charge is 0.408 e. The summed E-state index contributed by atoms with van der Waals surface area (Å²) in [6, 6.07) is 23.8. The predicted molar refractivity (Wildman–Crippen MR) is 139 cm³/mol. The molecule has 37 heavy (non-hydrogen) atoms. The number of carboxylic acid groups (broad SMARTS) is 1. The Morgan fingerprint density at radius 2 is 1.38 bits per heavy atom. The molecule has 3 aromatic rings. The second-order valence-corrected chi connectivity index (χ2v) is 8.95. The summed E-state index contributed by atoms with van der Waals surface area (Å²) in [6.07, 6.45) is -0.708. The van der Waals surface area contributed by atoms with E-state index < -0.39 is 30.1 Å². The summed E-state index contributed by atoms with van der Waals surface area (Å²) >= 11 is 0. The minimum atomic E-state index is -1.19. The van der Waals surface area contributed by atoms with Gasteiger partial charge in [0.05, 0.1) is 0 Å². The molecule has 194 valence electrons. The summed E-state index contributed by atoms with van der Waals surface area (Å²) in [5, 5.41) is 14.9. The van der Waals surface area contributed by atoms with Crippen LogP contribution >= 0.6 is 0 Å². The van der Waals surface area contributed by atoms with Gasteiger partial charge >= 0.3 is 12.1 Å². The van der Waals surface area contributed by atoms with Crippen molar-refractivity contribution in [3.63, 3.8) is 0 Å². The molecule has 0 saturated carbocycles. The maximum atomic E-state index is 13.0. The highest BCUT2D eigenvalue weighted by Crippen LogP contribution is 2.17. The fourth-order valence-electron chi connectivity index (χ4n) is 3.63. The van der Waals surface area contributed by atoms with Crippen LogP contribution in [-0.4, -0.2) is 35.2 Å². The van der Waals surface area contributed by atoms with Crippen LogP contribution in [0, 0.1) is 5.92 Å². The van der Waals surface area contributed by atoms with Crippen molar-refractivity contribution in [1.29, 1.82) is 0 Å². The van der Waals surface area contributed by atoms with E-state index in [-0.39, 0.29) is 18.9 Å². The molecular formula is C29H32N2O6. The topological polar surface area (TPSA) is 114 Å². The summed E-state index contributed by atoms with van der Waals surface area (Å²) in [6.45, 7) is 3.95. The number of carbonyl (C=O) groups excluding carboxylic acids is 2. The molecule has 3 N–H and O–H groups in total. The lowest BCUT2D eigenvalue weighted by molar-refractivity contribution is -0.142. The second-order valence-electron chi connectivity index (χ2n) is 8.95. The van der Waals surface area contributed by atoms with E-state index >= 15 is 0 Å². The first kappa shape index (κ1) is 27.3. The van der Waals surface area contributed by atoms with Crippen LogP contribution < -0.4 is 15.4 Å². The fourth-order valence-corrected chi connectivity index (χ4v) is 3.63. The molecule has 0 heterocycles. The van der Waals surface area contributed by atoms with Crippen LogP contribution in [0.5, 0.6) is 5.75 Å². The zero-order chi connectivity index (χ0) is 26.6. The van der Waals surface area contributed by atoms with Crippen molar-refractivity contribution < 1.29 is 29.0 Å². The molecule has 2 amide bonds. The minimum absolute atomic E-state index is 0.0485. The summed E-state index contributed by atoms with van der Waals surface area (Å²) in [5.74, 6) is -1.48. The van der Waals surface area contributed by atoms with Crippen molar-refractivity contribution in [1.82, 2.24) is 10.6 Å². The highest BCUT2D eigenvalue weighted by molar-refractivity contribution is 5.89. The number of hydrogen-bond acceptors (Lipinski definition) is 5. The predicted octanol–water partition coefficient (Wildman–Crippen LogP) is 4.33. The highest BCUT2D eigenvalue weighted by atomic mass is 16.5. The first-order chi connectivity index (χ1) is 17.8. The van der Waals surface area contributed by atoms with E-state index in [0.717, 1.165) is 11.1 Å². The summed E-state index contributed by atoms with van der Waals surface area (Å²) in [4.78, 5) is 37.2. The van der Waals surface area contributed by atoms with Crippen molar-refractivity contribution in [2.24, 2.45) is 5.92 Å². The average Bonchev–Trinajstić information content (AvgIpc) is 2.90. The van der Waals surface area contributed by atoms with Crippen molar-refractivity contribution in [3.8, 4) is 5.75 Å². The van der Waals surface area contributed by atoms with Crippen LogP contribution in [-0.2, 0) is 34.0 Å². The fraction of sp³-hybridized carbons (Fsp3) is 0.276. The lowest BCUT2D eigenvalue weighted by Gasteiger charge is -2.24. The van der Waals surface area contributed by atoms with Gasteiger partial charge in [0, 0.05) is 6.42 Å². The number of alkyl carbamates (subject to hydrolysis) is 1. The van der Waals surface area contributed by atoms with E-state index in [1.807, 2.05) is 60.7 Å². The van der Waals surface area contributed by atoms with E-state index in [1.165, 1.54) is 0 Å². The Morgan fingerprint density at radius 1 is 0.784 bits per heavy atom. The number of rotatable bonds is 12. The molecule has 8 heteroatoms. The van der Waals surface area contributed by atoms with E-state index in [4.69, 9.17) is 9.47 Å². The summed E-state index contributed by atoms with van der Waals surface area (Å²) < 4.78 is 11.0. The third-order valence-corrected chi connectivity index (χ3v) is 5.64. The molecule has 0 bridgehead atoms. The van der Waals surface area contributed by atoms with Gasteiger partial charge in [0.15, 0.2) is 0 Å². The van der Waals surface area contributed by atoms with Crippen LogP contribution in [0.1, 0.15) is 30.5 Å². The number of hydrogen-bond donors (Lipinski definition) is 3. The third kappa shape index (κ3) is 9.00. The Labute approximate surface area is 216 Å². The van der Waals surface area contributed by atoms with E-state index in [9.17, 15) is 19.5 Å². The van der Waals surface area contributed by atoms with Gasteiger partial charge in [-0.3, -0.25) is 4.79 Å². The largest absolute Gasteiger partial charge is 0.489 e. The SMILES string of the molecule is CC(C)[C@@H](NC(=O)OCc1ccccc1)C(=O)N[C@H](Cc1cccc(OCc2ccccc2)c1)C(=O)O. The van der Waals surface area contributed by atoms with Gasteiger partial charge in [-0.15, -0.1) is 0 Å². The molecule has 3 rings (SSSR count). The van der Waals surface area contributed by atoms with Gasteiger partial charge in [0.1, 0.15) is 31.0 Å². The van der Waals surface area contributed by atoms with Gasteiger partial charge in [-0.05, 0) is 34.7 Å². The monoisotopic (exact) mass is 504 g/mol. The van der Waals surface area contributed by atoms with Crippen LogP contribution in [0.25, 0.3) is 0 Å². The number of carboxylic acids is 1. The molecule has 0 aliphatic heterocycles. The van der Waals surface area contributed by atoms with Gasteiger partial charge in [0.2, 0.25) is 5.91 Å². The number of benzene rings is 3. The van der Waals surface area contributed by atoms with Gasteiger partial charge in [-0.2, -0.15) is 0 Å². The Kier molecular flexibility index (Phi) is 10.1. The number of amides is 2.